The lowest BCUT2D eigenvalue weighted by atomic mass is 10.2. The van der Waals surface area contributed by atoms with Crippen LogP contribution in [-0.4, -0.2) is 32.5 Å². The lowest BCUT2D eigenvalue weighted by molar-refractivity contribution is -0.131. The highest BCUT2D eigenvalue weighted by Crippen LogP contribution is 2.14. The zero-order valence-electron chi connectivity index (χ0n) is 10.7. The third-order valence-electron chi connectivity index (χ3n) is 2.65. The number of aliphatic hydroxyl groups excluding tert-OH is 1. The van der Waals surface area contributed by atoms with Crippen molar-refractivity contribution in [1.82, 2.24) is 4.90 Å². The van der Waals surface area contributed by atoms with Crippen molar-refractivity contribution in [3.8, 4) is 0 Å². The predicted molar refractivity (Wildman–Crippen MR) is 86.1 cm³/mol. The number of rotatable bonds is 7. The van der Waals surface area contributed by atoms with Crippen molar-refractivity contribution in [2.24, 2.45) is 0 Å². The number of nitrogens with zero attached hydrogens (tertiary/aromatic N) is 1. The van der Waals surface area contributed by atoms with Gasteiger partial charge in [-0.2, -0.15) is 0 Å². The van der Waals surface area contributed by atoms with E-state index in [-0.39, 0.29) is 5.91 Å². The molecule has 0 radical (unpaired) electrons. The zero-order valence-corrected chi connectivity index (χ0v) is 12.9. The van der Waals surface area contributed by atoms with E-state index in [1.54, 1.807) is 11.0 Å². The molecule has 2 atom stereocenters. The van der Waals surface area contributed by atoms with Crippen molar-refractivity contribution in [3.05, 3.63) is 61.2 Å². The summed E-state index contributed by atoms with van der Waals surface area (Å²) in [6.07, 6.45) is 2.23. The van der Waals surface area contributed by atoms with E-state index >= 15 is 0 Å². The molecule has 0 aliphatic carbocycles. The maximum Gasteiger partial charge on any atom is 0.239 e. The number of alkyl halides is 1. The molecule has 2 unspecified atom stereocenters. The summed E-state index contributed by atoms with van der Waals surface area (Å²) in [5, 5.41) is 9.68. The summed E-state index contributed by atoms with van der Waals surface area (Å²) < 4.78 is -0.529. The van der Waals surface area contributed by atoms with E-state index in [4.69, 9.17) is 0 Å². The molecule has 1 aromatic carbocycles. The molecular weight excluding hydrogens is 353 g/mol. The van der Waals surface area contributed by atoms with Crippen LogP contribution in [-0.2, 0) is 11.3 Å². The molecule has 0 aromatic heterocycles. The molecule has 1 amide bonds. The van der Waals surface area contributed by atoms with E-state index in [1.165, 1.54) is 6.08 Å². The monoisotopic (exact) mass is 371 g/mol. The lowest BCUT2D eigenvalue weighted by Gasteiger charge is -2.25. The minimum absolute atomic E-state index is 0.114. The first kappa shape index (κ1) is 15.9. The summed E-state index contributed by atoms with van der Waals surface area (Å²) in [5.41, 5.74) is 1.05. The molecule has 19 heavy (non-hydrogen) atoms. The first-order valence-electron chi connectivity index (χ1n) is 5.98. The van der Waals surface area contributed by atoms with Crippen LogP contribution in [0, 0.1) is 0 Å². The van der Waals surface area contributed by atoms with Crippen LogP contribution in [0.1, 0.15) is 5.56 Å². The van der Waals surface area contributed by atoms with E-state index in [2.05, 4.69) is 13.2 Å². The molecule has 1 N–H and O–H groups in total. The molecule has 102 valence electrons. The standard InChI is InChI=1S/C15H18INO2/c1-3-10-17(11-12-8-6-5-7-9-12)15(19)14(16)13(18)4-2/h3-9,13-14,18H,1-2,10-11H2. The molecule has 0 bridgehead atoms. The predicted octanol–water partition coefficient (Wildman–Crippen LogP) is 2.55. The fourth-order valence-electron chi connectivity index (χ4n) is 1.63. The third-order valence-corrected chi connectivity index (χ3v) is 3.92. The number of carbonyl (C=O) groups excluding carboxylic acids is 1. The number of aliphatic hydroxyl groups is 1. The Balaban J connectivity index is 2.79. The largest absolute Gasteiger partial charge is 0.387 e. The Bertz CT molecular complexity index is 433. The molecule has 0 saturated carbocycles. The van der Waals surface area contributed by atoms with Crippen LogP contribution in [0.4, 0.5) is 0 Å². The van der Waals surface area contributed by atoms with E-state index in [9.17, 15) is 9.90 Å². The van der Waals surface area contributed by atoms with Gasteiger partial charge >= 0.3 is 0 Å². The number of amides is 1. The van der Waals surface area contributed by atoms with E-state index in [0.717, 1.165) is 5.56 Å². The normalized spacial score (nSPS) is 13.4. The van der Waals surface area contributed by atoms with Gasteiger partial charge in [0.25, 0.3) is 0 Å². The van der Waals surface area contributed by atoms with Gasteiger partial charge < -0.3 is 10.0 Å². The van der Waals surface area contributed by atoms with Gasteiger partial charge in [0, 0.05) is 13.1 Å². The third kappa shape index (κ3) is 4.80. The maximum absolute atomic E-state index is 12.3. The average Bonchev–Trinajstić information content (AvgIpc) is 2.45. The molecule has 1 rings (SSSR count). The summed E-state index contributed by atoms with van der Waals surface area (Å²) in [6, 6.07) is 9.74. The second-order valence-corrected chi connectivity index (χ2v) is 5.46. The zero-order chi connectivity index (χ0) is 14.3. The molecule has 1 aromatic rings. The van der Waals surface area contributed by atoms with Gasteiger partial charge in [-0.05, 0) is 5.56 Å². The highest BCUT2D eigenvalue weighted by molar-refractivity contribution is 14.1. The molecule has 0 saturated heterocycles. The fraction of sp³-hybridized carbons (Fsp3) is 0.267. The molecule has 0 aliphatic heterocycles. The number of hydrogen-bond donors (Lipinski definition) is 1. The van der Waals surface area contributed by atoms with Gasteiger partial charge in [0.1, 0.15) is 3.92 Å². The van der Waals surface area contributed by atoms with Crippen LogP contribution in [0.15, 0.2) is 55.6 Å². The van der Waals surface area contributed by atoms with Gasteiger partial charge in [0.2, 0.25) is 5.91 Å². The maximum atomic E-state index is 12.3. The highest BCUT2D eigenvalue weighted by Gasteiger charge is 2.26. The number of benzene rings is 1. The second-order valence-electron chi connectivity index (χ2n) is 4.12. The van der Waals surface area contributed by atoms with Crippen molar-refractivity contribution in [1.29, 1.82) is 0 Å². The molecular formula is C15H18INO2. The molecule has 4 heteroatoms. The minimum atomic E-state index is -0.837. The van der Waals surface area contributed by atoms with Crippen molar-refractivity contribution >= 4 is 28.5 Å². The quantitative estimate of drug-likeness (QED) is 0.455. The number of halogens is 1. The molecule has 0 spiro atoms. The SMILES string of the molecule is C=CCN(Cc1ccccc1)C(=O)C(I)C(O)C=C. The van der Waals surface area contributed by atoms with Gasteiger partial charge in [-0.3, -0.25) is 4.79 Å². The van der Waals surface area contributed by atoms with Crippen LogP contribution < -0.4 is 0 Å². The number of carbonyl (C=O) groups is 1. The highest BCUT2D eigenvalue weighted by atomic mass is 127. The van der Waals surface area contributed by atoms with Gasteiger partial charge in [-0.15, -0.1) is 13.2 Å². The Hall–Kier alpha value is -1.14. The van der Waals surface area contributed by atoms with E-state index in [1.807, 2.05) is 52.9 Å². The van der Waals surface area contributed by atoms with E-state index in [0.29, 0.717) is 13.1 Å². The van der Waals surface area contributed by atoms with Crippen LogP contribution in [0.25, 0.3) is 0 Å². The summed E-state index contributed by atoms with van der Waals surface area (Å²) in [6.45, 7) is 8.14. The van der Waals surface area contributed by atoms with Gasteiger partial charge in [0.15, 0.2) is 0 Å². The molecule has 0 fully saturated rings. The van der Waals surface area contributed by atoms with Crippen molar-refractivity contribution < 1.29 is 9.90 Å². The molecule has 3 nitrogen and oxygen atoms in total. The first-order valence-corrected chi connectivity index (χ1v) is 7.23. The summed E-state index contributed by atoms with van der Waals surface area (Å²) >= 11 is 1.94. The van der Waals surface area contributed by atoms with Crippen LogP contribution in [0.2, 0.25) is 0 Å². The van der Waals surface area contributed by atoms with Crippen LogP contribution >= 0.6 is 22.6 Å². The topological polar surface area (TPSA) is 40.5 Å². The Kier molecular flexibility index (Phi) is 6.80. The average molecular weight is 371 g/mol. The van der Waals surface area contributed by atoms with Crippen molar-refractivity contribution in [3.63, 3.8) is 0 Å². The Morgan fingerprint density at radius 3 is 2.53 bits per heavy atom. The Morgan fingerprint density at radius 1 is 1.37 bits per heavy atom. The summed E-state index contributed by atoms with van der Waals surface area (Å²) in [4.78, 5) is 14.0. The smallest absolute Gasteiger partial charge is 0.239 e. The molecule has 0 aliphatic rings. The van der Waals surface area contributed by atoms with Crippen LogP contribution in [0.5, 0.6) is 0 Å². The number of hydrogen-bond acceptors (Lipinski definition) is 2. The minimum Gasteiger partial charge on any atom is -0.387 e. The first-order chi connectivity index (χ1) is 9.10. The molecule has 0 heterocycles. The van der Waals surface area contributed by atoms with E-state index < -0.39 is 10.0 Å². The van der Waals surface area contributed by atoms with Gasteiger partial charge in [0.05, 0.1) is 6.10 Å². The second kappa shape index (κ2) is 8.12. The van der Waals surface area contributed by atoms with Gasteiger partial charge in [-0.25, -0.2) is 0 Å². The Labute approximate surface area is 127 Å². The van der Waals surface area contributed by atoms with Crippen molar-refractivity contribution in [2.45, 2.75) is 16.6 Å². The van der Waals surface area contributed by atoms with Crippen molar-refractivity contribution in [2.75, 3.05) is 6.54 Å². The summed E-state index contributed by atoms with van der Waals surface area (Å²) in [5.74, 6) is -0.114. The summed E-state index contributed by atoms with van der Waals surface area (Å²) in [7, 11) is 0. The fourth-order valence-corrected chi connectivity index (χ4v) is 2.32. The van der Waals surface area contributed by atoms with Crippen LogP contribution in [0.3, 0.4) is 0 Å². The van der Waals surface area contributed by atoms with Gasteiger partial charge in [-0.1, -0.05) is 65.1 Å². The lowest BCUT2D eigenvalue weighted by Crippen LogP contribution is -2.40. The Morgan fingerprint density at radius 2 is 2.00 bits per heavy atom.